The number of benzene rings is 3. The molecule has 0 aliphatic heterocycles. The Hall–Kier alpha value is -4.11. The first-order valence-corrected chi connectivity index (χ1v) is 10.7. The summed E-state index contributed by atoms with van der Waals surface area (Å²) in [7, 11) is 0. The van der Waals surface area contributed by atoms with Crippen LogP contribution in [0.15, 0.2) is 72.8 Å². The Morgan fingerprint density at radius 1 is 0.794 bits per heavy atom. The van der Waals surface area contributed by atoms with Crippen LogP contribution in [0.2, 0.25) is 5.02 Å². The van der Waals surface area contributed by atoms with Gasteiger partial charge in [-0.05, 0) is 56.3 Å². The van der Waals surface area contributed by atoms with E-state index in [0.29, 0.717) is 22.1 Å². The van der Waals surface area contributed by atoms with Gasteiger partial charge in [-0.3, -0.25) is 19.7 Å². The van der Waals surface area contributed by atoms with Crippen molar-refractivity contribution in [2.24, 2.45) is 0 Å². The largest absolute Gasteiger partial charge is 0.479 e. The average molecular weight is 484 g/mol. The van der Waals surface area contributed by atoms with E-state index in [-0.39, 0.29) is 17.3 Å². The molecule has 9 nitrogen and oxygen atoms in total. The minimum Gasteiger partial charge on any atom is -0.479 e. The summed E-state index contributed by atoms with van der Waals surface area (Å²) in [4.78, 5) is 35.4. The van der Waals surface area contributed by atoms with E-state index >= 15 is 0 Å². The first-order valence-electron chi connectivity index (χ1n) is 10.3. The van der Waals surface area contributed by atoms with Crippen LogP contribution in [-0.2, 0) is 9.59 Å². The molecule has 0 heterocycles. The van der Waals surface area contributed by atoms with Crippen LogP contribution >= 0.6 is 11.6 Å². The van der Waals surface area contributed by atoms with Gasteiger partial charge in [-0.25, -0.2) is 0 Å². The monoisotopic (exact) mass is 483 g/mol. The smallest absolute Gasteiger partial charge is 0.310 e. The molecule has 0 aliphatic carbocycles. The Labute approximate surface area is 200 Å². The Morgan fingerprint density at radius 2 is 1.24 bits per heavy atom. The number of amides is 2. The lowest BCUT2D eigenvalue weighted by atomic mass is 10.2. The SMILES string of the molecule is CC(Oc1ccccc1Cl)C(=O)Nc1ccc(NC(=O)C(C)Oc2ccccc2[N+](=O)[O-])cc1. The number of nitrogens with one attached hydrogen (secondary N) is 2. The second-order valence-corrected chi connectivity index (χ2v) is 7.64. The lowest BCUT2D eigenvalue weighted by molar-refractivity contribution is -0.386. The van der Waals surface area contributed by atoms with E-state index in [1.807, 2.05) is 0 Å². The summed E-state index contributed by atoms with van der Waals surface area (Å²) < 4.78 is 11.1. The fourth-order valence-electron chi connectivity index (χ4n) is 2.86. The van der Waals surface area contributed by atoms with Crippen molar-refractivity contribution in [3.05, 3.63) is 87.9 Å². The van der Waals surface area contributed by atoms with Gasteiger partial charge in [0, 0.05) is 17.4 Å². The zero-order chi connectivity index (χ0) is 24.7. The Bertz CT molecular complexity index is 1190. The number of para-hydroxylation sites is 3. The van der Waals surface area contributed by atoms with E-state index in [1.165, 1.54) is 25.1 Å². The number of halogens is 1. The number of rotatable bonds is 9. The molecule has 2 atom stereocenters. The number of hydrogen-bond donors (Lipinski definition) is 2. The molecular formula is C24H22ClN3O6. The maximum Gasteiger partial charge on any atom is 0.310 e. The van der Waals surface area contributed by atoms with Crippen molar-refractivity contribution >= 4 is 40.5 Å². The Kier molecular flexibility index (Phi) is 8.05. The molecule has 0 saturated heterocycles. The van der Waals surface area contributed by atoms with Crippen LogP contribution in [0, 0.1) is 10.1 Å². The number of nitrogens with zero attached hydrogens (tertiary/aromatic N) is 1. The van der Waals surface area contributed by atoms with E-state index < -0.39 is 23.0 Å². The number of ether oxygens (including phenoxy) is 2. The van der Waals surface area contributed by atoms with Crippen molar-refractivity contribution in [2.45, 2.75) is 26.1 Å². The molecule has 10 heteroatoms. The fraction of sp³-hybridized carbons (Fsp3) is 0.167. The summed E-state index contributed by atoms with van der Waals surface area (Å²) in [6.07, 6.45) is -1.78. The summed E-state index contributed by atoms with van der Waals surface area (Å²) in [5, 5.41) is 16.9. The molecule has 3 aromatic carbocycles. The van der Waals surface area contributed by atoms with Crippen molar-refractivity contribution in [3.63, 3.8) is 0 Å². The van der Waals surface area contributed by atoms with Gasteiger partial charge in [0.15, 0.2) is 18.0 Å². The summed E-state index contributed by atoms with van der Waals surface area (Å²) in [5.41, 5.74) is 0.734. The van der Waals surface area contributed by atoms with Gasteiger partial charge in [0.1, 0.15) is 5.75 Å². The normalized spacial score (nSPS) is 12.2. The molecular weight excluding hydrogens is 462 g/mol. The Morgan fingerprint density at radius 3 is 1.74 bits per heavy atom. The van der Waals surface area contributed by atoms with E-state index in [2.05, 4.69) is 10.6 Å². The maximum absolute atomic E-state index is 12.4. The lowest BCUT2D eigenvalue weighted by Gasteiger charge is -2.16. The lowest BCUT2D eigenvalue weighted by Crippen LogP contribution is -2.30. The quantitative estimate of drug-likeness (QED) is 0.324. The molecule has 0 aliphatic rings. The fourth-order valence-corrected chi connectivity index (χ4v) is 3.04. The predicted molar refractivity (Wildman–Crippen MR) is 128 cm³/mol. The molecule has 3 rings (SSSR count). The van der Waals surface area contributed by atoms with Crippen molar-refractivity contribution in [2.75, 3.05) is 10.6 Å². The second kappa shape index (κ2) is 11.2. The summed E-state index contributed by atoms with van der Waals surface area (Å²) >= 11 is 6.05. The van der Waals surface area contributed by atoms with Crippen LogP contribution in [0.25, 0.3) is 0 Å². The highest BCUT2D eigenvalue weighted by atomic mass is 35.5. The van der Waals surface area contributed by atoms with Crippen molar-refractivity contribution < 1.29 is 24.0 Å². The molecule has 0 bridgehead atoms. The van der Waals surface area contributed by atoms with E-state index in [1.54, 1.807) is 61.5 Å². The van der Waals surface area contributed by atoms with E-state index in [4.69, 9.17) is 21.1 Å². The third-order valence-corrected chi connectivity index (χ3v) is 4.98. The van der Waals surface area contributed by atoms with Crippen LogP contribution in [0.5, 0.6) is 11.5 Å². The van der Waals surface area contributed by atoms with Gasteiger partial charge in [-0.2, -0.15) is 0 Å². The van der Waals surface area contributed by atoms with E-state index in [0.717, 1.165) is 0 Å². The van der Waals surface area contributed by atoms with Crippen LogP contribution in [0.4, 0.5) is 17.1 Å². The zero-order valence-corrected chi connectivity index (χ0v) is 19.1. The molecule has 2 unspecified atom stereocenters. The highest BCUT2D eigenvalue weighted by Crippen LogP contribution is 2.27. The van der Waals surface area contributed by atoms with Crippen LogP contribution in [-0.4, -0.2) is 28.9 Å². The molecule has 176 valence electrons. The first-order chi connectivity index (χ1) is 16.2. The van der Waals surface area contributed by atoms with Crippen molar-refractivity contribution in [1.82, 2.24) is 0 Å². The van der Waals surface area contributed by atoms with Crippen molar-refractivity contribution in [3.8, 4) is 11.5 Å². The molecule has 0 radical (unpaired) electrons. The van der Waals surface area contributed by atoms with Crippen LogP contribution in [0.3, 0.4) is 0 Å². The molecule has 0 saturated carbocycles. The second-order valence-electron chi connectivity index (χ2n) is 7.23. The average Bonchev–Trinajstić information content (AvgIpc) is 2.81. The molecule has 34 heavy (non-hydrogen) atoms. The molecule has 0 aromatic heterocycles. The van der Waals surface area contributed by atoms with Crippen molar-refractivity contribution in [1.29, 1.82) is 0 Å². The maximum atomic E-state index is 12.4. The van der Waals surface area contributed by atoms with Gasteiger partial charge in [-0.1, -0.05) is 35.9 Å². The number of anilines is 2. The molecule has 0 spiro atoms. The standard InChI is InChI=1S/C24H22ClN3O6/c1-15(33-21-9-5-3-7-19(21)25)23(29)26-17-11-13-18(14-12-17)27-24(30)16(2)34-22-10-6-4-8-20(22)28(31)32/h3-16H,1-2H3,(H,26,29)(H,27,30). The molecule has 2 amide bonds. The number of carbonyl (C=O) groups excluding carboxylic acids is 2. The summed E-state index contributed by atoms with van der Waals surface area (Å²) in [6, 6.07) is 19.1. The van der Waals surface area contributed by atoms with Gasteiger partial charge >= 0.3 is 5.69 Å². The number of carbonyl (C=O) groups is 2. The van der Waals surface area contributed by atoms with Crippen LogP contribution in [0.1, 0.15) is 13.8 Å². The molecule has 3 aromatic rings. The van der Waals surface area contributed by atoms with E-state index in [9.17, 15) is 19.7 Å². The highest BCUT2D eigenvalue weighted by molar-refractivity contribution is 6.32. The zero-order valence-electron chi connectivity index (χ0n) is 18.4. The number of nitro benzene ring substituents is 1. The number of hydrogen-bond acceptors (Lipinski definition) is 6. The highest BCUT2D eigenvalue weighted by Gasteiger charge is 2.21. The third-order valence-electron chi connectivity index (χ3n) is 4.66. The first kappa shape index (κ1) is 24.5. The summed E-state index contributed by atoms with van der Waals surface area (Å²) in [6.45, 7) is 3.09. The van der Waals surface area contributed by atoms with Crippen LogP contribution < -0.4 is 20.1 Å². The van der Waals surface area contributed by atoms with Gasteiger partial charge < -0.3 is 20.1 Å². The predicted octanol–water partition coefficient (Wildman–Crippen LogP) is 5.06. The Balaban J connectivity index is 1.55. The third kappa shape index (κ3) is 6.46. The van der Waals surface area contributed by atoms with Gasteiger partial charge in [-0.15, -0.1) is 0 Å². The minimum atomic E-state index is -0.983. The van der Waals surface area contributed by atoms with Gasteiger partial charge in [0.05, 0.1) is 9.95 Å². The number of nitro groups is 1. The van der Waals surface area contributed by atoms with Gasteiger partial charge in [0.25, 0.3) is 11.8 Å². The molecule has 0 fully saturated rings. The topological polar surface area (TPSA) is 120 Å². The minimum absolute atomic E-state index is 0.00124. The molecule has 2 N–H and O–H groups in total. The van der Waals surface area contributed by atoms with Gasteiger partial charge in [0.2, 0.25) is 0 Å². The summed E-state index contributed by atoms with van der Waals surface area (Å²) in [5.74, 6) is -0.455.